The van der Waals surface area contributed by atoms with Gasteiger partial charge in [0.25, 0.3) is 0 Å². The average molecular weight is 216 g/mol. The third-order valence-electron chi connectivity index (χ3n) is 1.54. The molecule has 2 N–H and O–H groups in total. The number of nitrogens with zero attached hydrogens (tertiary/aromatic N) is 1. The van der Waals surface area contributed by atoms with Crippen LogP contribution in [-0.4, -0.2) is 27.3 Å². The zero-order valence-corrected chi connectivity index (χ0v) is 8.75. The van der Waals surface area contributed by atoms with Crippen LogP contribution < -0.4 is 0 Å². The molecule has 1 heterocycles. The summed E-state index contributed by atoms with van der Waals surface area (Å²) in [6, 6.07) is 0. The van der Waals surface area contributed by atoms with Crippen LogP contribution in [0.5, 0.6) is 0 Å². The summed E-state index contributed by atoms with van der Waals surface area (Å²) in [6.07, 6.45) is 1.80. The fraction of sp³-hybridized carbons (Fsp3) is 0.286. The van der Waals surface area contributed by atoms with Crippen LogP contribution in [0, 0.1) is 11.6 Å². The maximum Gasteiger partial charge on any atom is 0.352 e. The lowest BCUT2D eigenvalue weighted by molar-refractivity contribution is 0.0688. The van der Waals surface area contributed by atoms with E-state index in [9.17, 15) is 4.79 Å². The quantitative estimate of drug-likeness (QED) is 0.449. The van der Waals surface area contributed by atoms with Crippen molar-refractivity contribution in [2.24, 2.45) is 0 Å². The molecule has 0 radical (unpaired) electrons. The van der Waals surface area contributed by atoms with Gasteiger partial charge in [-0.05, 0) is 13.2 Å². The number of aromatic nitrogens is 2. The topological polar surface area (TPSA) is 66.0 Å². The van der Waals surface area contributed by atoms with Gasteiger partial charge < -0.3 is 10.1 Å². The van der Waals surface area contributed by atoms with Gasteiger partial charge in [-0.1, -0.05) is 24.0 Å². The Morgan fingerprint density at radius 3 is 2.77 bits per heavy atom. The predicted molar refractivity (Wildman–Crippen MR) is 52.9 cm³/mol. The van der Waals surface area contributed by atoms with E-state index in [0.29, 0.717) is 15.4 Å². The zero-order valence-electron chi connectivity index (χ0n) is 7.12. The molecule has 1 aromatic rings. The number of aromatic carboxylic acids is 1. The van der Waals surface area contributed by atoms with Gasteiger partial charge in [-0.15, -0.1) is 0 Å². The minimum atomic E-state index is -1.01. The van der Waals surface area contributed by atoms with Crippen LogP contribution in [0.1, 0.15) is 16.1 Å². The third kappa shape index (κ3) is 2.07. The normalized spacial score (nSPS) is 10.0. The lowest BCUT2D eigenvalue weighted by Gasteiger charge is -2.02. The summed E-state index contributed by atoms with van der Waals surface area (Å²) in [7, 11) is 0. The molecule has 13 heavy (non-hydrogen) atoms. The predicted octanol–water partition coefficient (Wildman–Crippen LogP) is 1.87. The summed E-state index contributed by atoms with van der Waals surface area (Å²) < 4.78 is 0.334. The average Bonchev–Trinajstić information content (AvgIpc) is 2.09. The highest BCUT2D eigenvalue weighted by Crippen LogP contribution is 2.12. The second-order valence-electron chi connectivity index (χ2n) is 2.36. The van der Waals surface area contributed by atoms with Gasteiger partial charge in [0, 0.05) is 5.56 Å². The first-order chi connectivity index (χ1) is 6.06. The van der Waals surface area contributed by atoms with Crippen LogP contribution >= 0.6 is 24.0 Å². The molecule has 4 nitrogen and oxygen atoms in total. The number of hydrogen-bond donors (Lipinski definition) is 2. The fourth-order valence-electron chi connectivity index (χ4n) is 0.822. The minimum Gasteiger partial charge on any atom is -0.477 e. The number of H-pyrrole nitrogens is 1. The highest BCUT2D eigenvalue weighted by atomic mass is 32.2. The highest BCUT2D eigenvalue weighted by Gasteiger charge is 2.10. The summed E-state index contributed by atoms with van der Waals surface area (Å²) in [4.78, 5) is 17.4. The second kappa shape index (κ2) is 3.89. The second-order valence-corrected chi connectivity index (χ2v) is 3.54. The van der Waals surface area contributed by atoms with E-state index in [1.165, 1.54) is 11.8 Å². The van der Waals surface area contributed by atoms with Gasteiger partial charge >= 0.3 is 5.97 Å². The first-order valence-corrected chi connectivity index (χ1v) is 5.07. The van der Waals surface area contributed by atoms with Crippen molar-refractivity contribution in [2.45, 2.75) is 12.1 Å². The molecule has 0 saturated heterocycles. The van der Waals surface area contributed by atoms with E-state index < -0.39 is 5.97 Å². The molecule has 0 amide bonds. The Bertz CT molecular complexity index is 400. The maximum absolute atomic E-state index is 10.7. The van der Waals surface area contributed by atoms with Gasteiger partial charge in [0.2, 0.25) is 0 Å². The number of thioether (sulfide) groups is 1. The van der Waals surface area contributed by atoms with E-state index in [1.807, 2.05) is 0 Å². The van der Waals surface area contributed by atoms with Crippen LogP contribution in [0.2, 0.25) is 0 Å². The van der Waals surface area contributed by atoms with Crippen LogP contribution in [0.4, 0.5) is 0 Å². The number of carbonyl (C=O) groups is 1. The molecule has 0 aliphatic rings. The molecule has 0 aromatic carbocycles. The van der Waals surface area contributed by atoms with E-state index in [-0.39, 0.29) is 5.69 Å². The largest absolute Gasteiger partial charge is 0.477 e. The van der Waals surface area contributed by atoms with Crippen molar-refractivity contribution in [3.8, 4) is 0 Å². The van der Waals surface area contributed by atoms with Gasteiger partial charge in [0.1, 0.15) is 10.3 Å². The molecule has 0 fully saturated rings. The summed E-state index contributed by atoms with van der Waals surface area (Å²) in [5.41, 5.74) is 0.615. The molecule has 1 rings (SSSR count). The molecule has 0 atom stereocenters. The standard InChI is InChI=1S/C7H8N2O2S2/c1-3-4(6(10)11)8-7(13-2)9-5(3)12/h1-2H3,(H,10,11)(H,8,9,12). The van der Waals surface area contributed by atoms with Crippen LogP contribution in [-0.2, 0) is 0 Å². The highest BCUT2D eigenvalue weighted by molar-refractivity contribution is 7.98. The van der Waals surface area contributed by atoms with Crippen molar-refractivity contribution in [1.82, 2.24) is 9.97 Å². The molecule has 0 aliphatic carbocycles. The van der Waals surface area contributed by atoms with E-state index >= 15 is 0 Å². The molecule has 0 aliphatic heterocycles. The van der Waals surface area contributed by atoms with E-state index in [1.54, 1.807) is 13.2 Å². The number of rotatable bonds is 2. The molecule has 0 bridgehead atoms. The molecular weight excluding hydrogens is 208 g/mol. The van der Waals surface area contributed by atoms with Gasteiger partial charge in [0.05, 0.1) is 0 Å². The molecule has 70 valence electrons. The summed E-state index contributed by atoms with van der Waals surface area (Å²) in [5, 5.41) is 9.32. The lowest BCUT2D eigenvalue weighted by Crippen LogP contribution is -2.06. The van der Waals surface area contributed by atoms with E-state index in [0.717, 1.165) is 0 Å². The van der Waals surface area contributed by atoms with Crippen LogP contribution in [0.15, 0.2) is 5.16 Å². The first-order valence-electron chi connectivity index (χ1n) is 3.44. The lowest BCUT2D eigenvalue weighted by atomic mass is 10.2. The Hall–Kier alpha value is -0.880. The van der Waals surface area contributed by atoms with Gasteiger partial charge in [-0.25, -0.2) is 9.78 Å². The summed E-state index contributed by atoms with van der Waals surface area (Å²) in [5.74, 6) is -1.01. The fourth-order valence-corrected chi connectivity index (χ4v) is 1.46. The van der Waals surface area contributed by atoms with Crippen molar-refractivity contribution >= 4 is 29.9 Å². The van der Waals surface area contributed by atoms with Crippen molar-refractivity contribution in [3.05, 3.63) is 15.9 Å². The van der Waals surface area contributed by atoms with Gasteiger partial charge in [0.15, 0.2) is 5.16 Å². The summed E-state index contributed by atoms with van der Waals surface area (Å²) in [6.45, 7) is 1.64. The van der Waals surface area contributed by atoms with Crippen LogP contribution in [0.25, 0.3) is 0 Å². The zero-order chi connectivity index (χ0) is 10.0. The Balaban J connectivity index is 3.42. The summed E-state index contributed by atoms with van der Waals surface area (Å²) >= 11 is 6.23. The maximum atomic E-state index is 10.7. The molecule has 1 aromatic heterocycles. The number of hydrogen-bond acceptors (Lipinski definition) is 4. The van der Waals surface area contributed by atoms with Crippen molar-refractivity contribution in [2.75, 3.05) is 6.26 Å². The Morgan fingerprint density at radius 2 is 2.31 bits per heavy atom. The minimum absolute atomic E-state index is 0.115. The van der Waals surface area contributed by atoms with Crippen molar-refractivity contribution in [3.63, 3.8) is 0 Å². The monoisotopic (exact) mass is 216 g/mol. The van der Waals surface area contributed by atoms with Crippen molar-refractivity contribution in [1.29, 1.82) is 0 Å². The molecular formula is C7H8N2O2S2. The Labute approximate surface area is 84.4 Å². The van der Waals surface area contributed by atoms with Gasteiger partial charge in [-0.2, -0.15) is 0 Å². The number of aromatic amines is 1. The number of nitrogens with one attached hydrogen (secondary N) is 1. The molecule has 0 unspecified atom stereocenters. The van der Waals surface area contributed by atoms with Crippen LogP contribution in [0.3, 0.4) is 0 Å². The van der Waals surface area contributed by atoms with Crippen molar-refractivity contribution < 1.29 is 9.90 Å². The molecule has 6 heteroatoms. The smallest absolute Gasteiger partial charge is 0.352 e. The Kier molecular flexibility index (Phi) is 3.05. The number of carboxylic acids is 1. The third-order valence-corrected chi connectivity index (χ3v) is 2.52. The van der Waals surface area contributed by atoms with E-state index in [4.69, 9.17) is 17.3 Å². The molecule has 0 spiro atoms. The number of carboxylic acid groups (broad SMARTS) is 1. The molecule has 0 saturated carbocycles. The van der Waals surface area contributed by atoms with Gasteiger partial charge in [-0.3, -0.25) is 0 Å². The van der Waals surface area contributed by atoms with E-state index in [2.05, 4.69) is 9.97 Å². The first kappa shape index (κ1) is 10.2. The SMILES string of the molecule is CSc1nc(=S)c(C)c(C(=O)O)[nH]1. The Morgan fingerprint density at radius 1 is 1.69 bits per heavy atom.